The highest BCUT2D eigenvalue weighted by molar-refractivity contribution is 7.99. The van der Waals surface area contributed by atoms with Crippen molar-refractivity contribution in [1.29, 1.82) is 0 Å². The largest absolute Gasteiger partial charge is 0.493 e. The molecule has 1 aliphatic rings. The van der Waals surface area contributed by atoms with Gasteiger partial charge in [0.15, 0.2) is 16.7 Å². The molecule has 0 aliphatic heterocycles. The first-order chi connectivity index (χ1) is 13.7. The number of hydrogen-bond donors (Lipinski definition) is 1. The fraction of sp³-hybridized carbons (Fsp3) is 0.550. The molecule has 1 fully saturated rings. The van der Waals surface area contributed by atoms with Gasteiger partial charge in [-0.2, -0.15) is 0 Å². The van der Waals surface area contributed by atoms with Crippen LogP contribution in [0.4, 0.5) is 0 Å². The van der Waals surface area contributed by atoms with Gasteiger partial charge in [0.25, 0.3) is 0 Å². The lowest BCUT2D eigenvalue weighted by molar-refractivity contribution is -0.118. The van der Waals surface area contributed by atoms with Crippen molar-refractivity contribution in [2.24, 2.45) is 0 Å². The van der Waals surface area contributed by atoms with Gasteiger partial charge in [-0.3, -0.25) is 4.79 Å². The number of nitrogens with one attached hydrogen (secondary N) is 1. The summed E-state index contributed by atoms with van der Waals surface area (Å²) in [4.78, 5) is 12.2. The summed E-state index contributed by atoms with van der Waals surface area (Å²) >= 11 is 1.45. The number of aryl methyl sites for hydroxylation is 1. The quantitative estimate of drug-likeness (QED) is 0.510. The van der Waals surface area contributed by atoms with E-state index >= 15 is 0 Å². The van der Waals surface area contributed by atoms with Crippen LogP contribution in [0.25, 0.3) is 0 Å². The number of thioether (sulfide) groups is 1. The maximum Gasteiger partial charge on any atom is 0.230 e. The summed E-state index contributed by atoms with van der Waals surface area (Å²) < 4.78 is 13.1. The van der Waals surface area contributed by atoms with Gasteiger partial charge in [0, 0.05) is 6.04 Å². The second-order valence-corrected chi connectivity index (χ2v) is 7.77. The van der Waals surface area contributed by atoms with Crippen molar-refractivity contribution in [2.45, 2.75) is 50.2 Å². The second kappa shape index (κ2) is 10.4. The van der Waals surface area contributed by atoms with E-state index in [0.29, 0.717) is 36.4 Å². The molecule has 1 aliphatic carbocycles. The molecule has 1 aromatic carbocycles. The van der Waals surface area contributed by atoms with Crippen LogP contribution in [-0.4, -0.2) is 46.7 Å². The number of carbonyl (C=O) groups excluding carboxylic acids is 1. The van der Waals surface area contributed by atoms with Crippen molar-refractivity contribution in [3.8, 4) is 11.5 Å². The summed E-state index contributed by atoms with van der Waals surface area (Å²) in [5.74, 6) is 2.57. The summed E-state index contributed by atoms with van der Waals surface area (Å²) in [5.41, 5.74) is 0. The van der Waals surface area contributed by atoms with Crippen molar-refractivity contribution in [3.05, 3.63) is 30.1 Å². The molecule has 3 rings (SSSR count). The third kappa shape index (κ3) is 5.41. The smallest absolute Gasteiger partial charge is 0.230 e. The van der Waals surface area contributed by atoms with E-state index < -0.39 is 0 Å². The molecule has 1 aromatic heterocycles. The van der Waals surface area contributed by atoms with Gasteiger partial charge in [0.1, 0.15) is 12.4 Å². The fourth-order valence-corrected chi connectivity index (χ4v) is 4.36. The minimum atomic E-state index is -0.0375. The van der Waals surface area contributed by atoms with Crippen LogP contribution < -0.4 is 14.8 Å². The normalized spacial score (nSPS) is 14.6. The number of carbonyl (C=O) groups is 1. The van der Waals surface area contributed by atoms with E-state index in [0.717, 1.165) is 11.0 Å². The van der Waals surface area contributed by atoms with Crippen LogP contribution in [0.5, 0.6) is 11.5 Å². The molecule has 0 radical (unpaired) electrons. The Balaban J connectivity index is 1.42. The molecule has 0 bridgehead atoms. The van der Waals surface area contributed by atoms with Crippen molar-refractivity contribution >= 4 is 17.7 Å². The number of ether oxygens (including phenoxy) is 2. The van der Waals surface area contributed by atoms with Crippen LogP contribution in [0.1, 0.15) is 44.0 Å². The molecule has 0 atom stereocenters. The maximum absolute atomic E-state index is 12.2. The molecule has 1 heterocycles. The zero-order valence-electron chi connectivity index (χ0n) is 16.5. The number of benzene rings is 1. The standard InChI is InChI=1S/C20H28N4O3S/c1-15-22-23-20(24(15)16-8-4-3-5-9-16)28-14-19(25)21-12-13-27-18-11-7-6-10-17(18)26-2/h6-7,10-11,16H,3-5,8-9,12-14H2,1-2H3,(H,21,25). The molecule has 28 heavy (non-hydrogen) atoms. The molecule has 2 aromatic rings. The number of methoxy groups -OCH3 is 1. The van der Waals surface area contributed by atoms with E-state index in [9.17, 15) is 4.79 Å². The van der Waals surface area contributed by atoms with E-state index in [-0.39, 0.29) is 5.91 Å². The molecule has 0 saturated heterocycles. The van der Waals surface area contributed by atoms with Crippen LogP contribution in [0.15, 0.2) is 29.4 Å². The first-order valence-electron chi connectivity index (χ1n) is 9.76. The molecule has 8 heteroatoms. The minimum absolute atomic E-state index is 0.0375. The monoisotopic (exact) mass is 404 g/mol. The number of nitrogens with zero attached hydrogens (tertiary/aromatic N) is 3. The lowest BCUT2D eigenvalue weighted by atomic mass is 9.95. The number of rotatable bonds is 9. The van der Waals surface area contributed by atoms with E-state index in [4.69, 9.17) is 9.47 Å². The van der Waals surface area contributed by atoms with Gasteiger partial charge in [-0.15, -0.1) is 10.2 Å². The molecule has 1 saturated carbocycles. The maximum atomic E-state index is 12.2. The Morgan fingerprint density at radius 2 is 1.96 bits per heavy atom. The summed E-state index contributed by atoms with van der Waals surface area (Å²) in [6, 6.07) is 7.92. The number of aromatic nitrogens is 3. The van der Waals surface area contributed by atoms with Crippen molar-refractivity contribution in [1.82, 2.24) is 20.1 Å². The predicted octanol–water partition coefficient (Wildman–Crippen LogP) is 3.39. The summed E-state index contributed by atoms with van der Waals surface area (Å²) in [6.07, 6.45) is 6.13. The lowest BCUT2D eigenvalue weighted by Crippen LogP contribution is -2.29. The van der Waals surface area contributed by atoms with E-state index in [1.807, 2.05) is 31.2 Å². The first kappa shape index (κ1) is 20.5. The Bertz CT molecular complexity index is 775. The van der Waals surface area contributed by atoms with Crippen LogP contribution in [0, 0.1) is 6.92 Å². The van der Waals surface area contributed by atoms with E-state index in [1.165, 1.54) is 43.9 Å². The van der Waals surface area contributed by atoms with Gasteiger partial charge in [-0.05, 0) is 31.9 Å². The zero-order valence-corrected chi connectivity index (χ0v) is 17.3. The molecule has 0 unspecified atom stereocenters. The molecule has 0 spiro atoms. The molecule has 1 N–H and O–H groups in total. The second-order valence-electron chi connectivity index (χ2n) is 6.83. The number of hydrogen-bond acceptors (Lipinski definition) is 6. The van der Waals surface area contributed by atoms with Gasteiger partial charge in [-0.25, -0.2) is 0 Å². The van der Waals surface area contributed by atoms with Gasteiger partial charge >= 0.3 is 0 Å². The third-order valence-corrected chi connectivity index (χ3v) is 5.80. The van der Waals surface area contributed by atoms with Crippen LogP contribution in [-0.2, 0) is 4.79 Å². The highest BCUT2D eigenvalue weighted by Crippen LogP contribution is 2.32. The molecule has 7 nitrogen and oxygen atoms in total. The third-order valence-electron chi connectivity index (χ3n) is 4.86. The fourth-order valence-electron chi connectivity index (χ4n) is 3.48. The highest BCUT2D eigenvalue weighted by Gasteiger charge is 2.21. The van der Waals surface area contributed by atoms with Gasteiger partial charge in [-0.1, -0.05) is 43.2 Å². The Hall–Kier alpha value is -2.22. The summed E-state index contributed by atoms with van der Waals surface area (Å²) in [6.45, 7) is 2.81. The van der Waals surface area contributed by atoms with Crippen LogP contribution in [0.2, 0.25) is 0 Å². The van der Waals surface area contributed by atoms with Gasteiger partial charge in [0.05, 0.1) is 19.4 Å². The van der Waals surface area contributed by atoms with E-state index in [2.05, 4.69) is 20.1 Å². The highest BCUT2D eigenvalue weighted by atomic mass is 32.2. The molecular formula is C20H28N4O3S. The molecule has 152 valence electrons. The topological polar surface area (TPSA) is 78.3 Å². The Kier molecular flexibility index (Phi) is 7.59. The van der Waals surface area contributed by atoms with Crippen LogP contribution >= 0.6 is 11.8 Å². The van der Waals surface area contributed by atoms with Crippen LogP contribution in [0.3, 0.4) is 0 Å². The van der Waals surface area contributed by atoms with Crippen molar-refractivity contribution in [2.75, 3.05) is 26.0 Å². The first-order valence-corrected chi connectivity index (χ1v) is 10.7. The SMILES string of the molecule is COc1ccccc1OCCNC(=O)CSc1nnc(C)n1C1CCCCC1. The average Bonchev–Trinajstić information content (AvgIpc) is 3.11. The Morgan fingerprint density at radius 3 is 2.71 bits per heavy atom. The van der Waals surface area contributed by atoms with Crippen molar-refractivity contribution < 1.29 is 14.3 Å². The predicted molar refractivity (Wildman–Crippen MR) is 109 cm³/mol. The lowest BCUT2D eigenvalue weighted by Gasteiger charge is -2.24. The van der Waals surface area contributed by atoms with Gasteiger partial charge < -0.3 is 19.4 Å². The molecular weight excluding hydrogens is 376 g/mol. The average molecular weight is 405 g/mol. The minimum Gasteiger partial charge on any atom is -0.493 e. The Labute approximate surface area is 170 Å². The summed E-state index contributed by atoms with van der Waals surface area (Å²) in [5, 5.41) is 12.2. The summed E-state index contributed by atoms with van der Waals surface area (Å²) in [7, 11) is 1.61. The van der Waals surface area contributed by atoms with E-state index in [1.54, 1.807) is 7.11 Å². The number of para-hydroxylation sites is 2. The van der Waals surface area contributed by atoms with Gasteiger partial charge in [0.2, 0.25) is 5.91 Å². The van der Waals surface area contributed by atoms with Crippen molar-refractivity contribution in [3.63, 3.8) is 0 Å². The number of amides is 1. The Morgan fingerprint density at radius 1 is 1.21 bits per heavy atom. The zero-order chi connectivity index (χ0) is 19.8. The molecule has 1 amide bonds.